The zero-order valence-electron chi connectivity index (χ0n) is 16.5. The minimum Gasteiger partial charge on any atom is -0.352 e. The van der Waals surface area contributed by atoms with Crippen LogP contribution in [0.4, 0.5) is 5.69 Å². The minimum absolute atomic E-state index is 0.175. The highest BCUT2D eigenvalue weighted by molar-refractivity contribution is 9.10. The number of nitrogens with zero attached hydrogens (tertiary/aromatic N) is 2. The van der Waals surface area contributed by atoms with Crippen molar-refractivity contribution in [2.75, 3.05) is 11.9 Å². The Labute approximate surface area is 187 Å². The van der Waals surface area contributed by atoms with Gasteiger partial charge in [0.05, 0.1) is 17.2 Å². The van der Waals surface area contributed by atoms with Gasteiger partial charge in [-0.25, -0.2) is 0 Å². The lowest BCUT2D eigenvalue weighted by molar-refractivity contribution is -0.121. The van der Waals surface area contributed by atoms with E-state index in [2.05, 4.69) is 26.6 Å². The first kappa shape index (κ1) is 22.2. The van der Waals surface area contributed by atoms with E-state index in [1.807, 2.05) is 0 Å². The number of nitriles is 1. The quantitative estimate of drug-likeness (QED) is 0.560. The first-order valence-electron chi connectivity index (χ1n) is 9.57. The second-order valence-corrected chi connectivity index (χ2v) is 7.83. The van der Waals surface area contributed by atoms with Gasteiger partial charge in [-0.3, -0.25) is 24.1 Å². The lowest BCUT2D eigenvalue weighted by Gasteiger charge is -2.13. The van der Waals surface area contributed by atoms with Gasteiger partial charge in [0.2, 0.25) is 11.8 Å². The lowest BCUT2D eigenvalue weighted by atomic mass is 10.1. The van der Waals surface area contributed by atoms with Crippen LogP contribution in [0.3, 0.4) is 0 Å². The van der Waals surface area contributed by atoms with E-state index < -0.39 is 0 Å². The number of fused-ring (bicyclic) bond motifs is 1. The molecule has 0 bridgehead atoms. The Bertz CT molecular complexity index is 1080. The number of carbonyl (C=O) groups is 4. The second-order valence-electron chi connectivity index (χ2n) is 6.91. The van der Waals surface area contributed by atoms with E-state index in [0.29, 0.717) is 29.8 Å². The number of imide groups is 1. The number of amides is 4. The number of rotatable bonds is 8. The molecule has 0 fully saturated rings. The molecule has 0 saturated heterocycles. The average molecular weight is 483 g/mol. The van der Waals surface area contributed by atoms with Gasteiger partial charge in [-0.1, -0.05) is 28.1 Å². The number of anilines is 1. The van der Waals surface area contributed by atoms with Crippen LogP contribution < -0.4 is 10.6 Å². The Balaban J connectivity index is 1.42. The van der Waals surface area contributed by atoms with Gasteiger partial charge in [-0.05, 0) is 42.3 Å². The zero-order valence-corrected chi connectivity index (χ0v) is 18.1. The SMILES string of the molecule is N#CCC(=O)Nc1ccc(CNC(=O)CCCN2C(=O)c3ccc(Br)cc3C2=O)cc1. The molecule has 9 heteroatoms. The Morgan fingerprint density at radius 1 is 1.00 bits per heavy atom. The van der Waals surface area contributed by atoms with E-state index in [-0.39, 0.29) is 43.0 Å². The van der Waals surface area contributed by atoms with Gasteiger partial charge in [-0.2, -0.15) is 5.26 Å². The van der Waals surface area contributed by atoms with Crippen LogP contribution in [0.25, 0.3) is 0 Å². The van der Waals surface area contributed by atoms with Crippen LogP contribution in [0.15, 0.2) is 46.9 Å². The molecule has 0 saturated carbocycles. The highest BCUT2D eigenvalue weighted by Gasteiger charge is 2.35. The smallest absolute Gasteiger partial charge is 0.261 e. The molecule has 1 aliphatic rings. The molecule has 0 unspecified atom stereocenters. The van der Waals surface area contributed by atoms with Gasteiger partial charge in [0, 0.05) is 29.7 Å². The largest absolute Gasteiger partial charge is 0.352 e. The van der Waals surface area contributed by atoms with Crippen molar-refractivity contribution in [3.63, 3.8) is 0 Å². The molecule has 1 heterocycles. The summed E-state index contributed by atoms with van der Waals surface area (Å²) in [6.45, 7) is 0.487. The van der Waals surface area contributed by atoms with Crippen molar-refractivity contribution in [2.24, 2.45) is 0 Å². The second kappa shape index (κ2) is 10.00. The van der Waals surface area contributed by atoms with Crippen LogP contribution in [0.1, 0.15) is 45.5 Å². The van der Waals surface area contributed by atoms with Crippen LogP contribution in [0.5, 0.6) is 0 Å². The Morgan fingerprint density at radius 2 is 1.71 bits per heavy atom. The van der Waals surface area contributed by atoms with Crippen molar-refractivity contribution in [3.8, 4) is 6.07 Å². The maximum Gasteiger partial charge on any atom is 0.261 e. The molecule has 158 valence electrons. The first-order chi connectivity index (χ1) is 14.9. The summed E-state index contributed by atoms with van der Waals surface area (Å²) in [4.78, 5) is 49.5. The average Bonchev–Trinajstić information content (AvgIpc) is 2.97. The van der Waals surface area contributed by atoms with E-state index >= 15 is 0 Å². The lowest BCUT2D eigenvalue weighted by Crippen LogP contribution is -2.32. The van der Waals surface area contributed by atoms with E-state index in [0.717, 1.165) is 10.0 Å². The van der Waals surface area contributed by atoms with Crippen molar-refractivity contribution >= 4 is 45.2 Å². The Kier molecular flexibility index (Phi) is 7.15. The Hall–Kier alpha value is -3.51. The predicted octanol–water partition coefficient (Wildman–Crippen LogP) is 2.99. The number of hydrogen-bond acceptors (Lipinski definition) is 5. The standard InChI is InChI=1S/C22H19BrN4O4/c23-15-5-8-17-18(12-15)22(31)27(21(17)30)11-1-2-19(28)25-13-14-3-6-16(7-4-14)26-20(29)9-10-24/h3-8,12H,1-2,9,11,13H2,(H,25,28)(H,26,29). The summed E-state index contributed by atoms with van der Waals surface area (Å²) in [6, 6.07) is 13.6. The third kappa shape index (κ3) is 5.55. The van der Waals surface area contributed by atoms with Crippen LogP contribution in [-0.4, -0.2) is 35.1 Å². The third-order valence-corrected chi connectivity index (χ3v) is 5.18. The normalized spacial score (nSPS) is 12.3. The highest BCUT2D eigenvalue weighted by Crippen LogP contribution is 2.26. The van der Waals surface area contributed by atoms with Gasteiger partial charge >= 0.3 is 0 Å². The van der Waals surface area contributed by atoms with Gasteiger partial charge in [0.15, 0.2) is 0 Å². The Morgan fingerprint density at radius 3 is 2.42 bits per heavy atom. The molecule has 0 aromatic heterocycles. The van der Waals surface area contributed by atoms with Gasteiger partial charge in [0.25, 0.3) is 11.8 Å². The maximum absolute atomic E-state index is 12.4. The van der Waals surface area contributed by atoms with Gasteiger partial charge in [-0.15, -0.1) is 0 Å². The summed E-state index contributed by atoms with van der Waals surface area (Å²) in [5, 5.41) is 13.9. The summed E-state index contributed by atoms with van der Waals surface area (Å²) >= 11 is 3.30. The van der Waals surface area contributed by atoms with Crippen LogP contribution in [0, 0.1) is 11.3 Å². The number of halogens is 1. The van der Waals surface area contributed by atoms with E-state index in [1.54, 1.807) is 48.5 Å². The fourth-order valence-corrected chi connectivity index (χ4v) is 3.50. The van der Waals surface area contributed by atoms with Crippen molar-refractivity contribution in [1.82, 2.24) is 10.2 Å². The maximum atomic E-state index is 12.4. The monoisotopic (exact) mass is 482 g/mol. The molecule has 2 N–H and O–H groups in total. The van der Waals surface area contributed by atoms with Gasteiger partial charge in [0.1, 0.15) is 6.42 Å². The number of carbonyl (C=O) groups excluding carboxylic acids is 4. The molecular weight excluding hydrogens is 464 g/mol. The van der Waals surface area contributed by atoms with Crippen molar-refractivity contribution < 1.29 is 19.2 Å². The summed E-state index contributed by atoms with van der Waals surface area (Å²) in [5.41, 5.74) is 2.17. The van der Waals surface area contributed by atoms with E-state index in [1.165, 1.54) is 4.90 Å². The summed E-state index contributed by atoms with van der Waals surface area (Å²) in [7, 11) is 0. The molecule has 0 aliphatic carbocycles. The molecule has 1 aliphatic heterocycles. The molecule has 0 atom stereocenters. The first-order valence-corrected chi connectivity index (χ1v) is 10.4. The van der Waals surface area contributed by atoms with Crippen molar-refractivity contribution in [1.29, 1.82) is 5.26 Å². The van der Waals surface area contributed by atoms with E-state index in [9.17, 15) is 19.2 Å². The molecule has 4 amide bonds. The fourth-order valence-electron chi connectivity index (χ4n) is 3.14. The summed E-state index contributed by atoms with van der Waals surface area (Å²) in [5.74, 6) is -1.25. The number of hydrogen-bond donors (Lipinski definition) is 2. The molecule has 8 nitrogen and oxygen atoms in total. The molecule has 2 aromatic carbocycles. The highest BCUT2D eigenvalue weighted by atomic mass is 79.9. The third-order valence-electron chi connectivity index (χ3n) is 4.69. The zero-order chi connectivity index (χ0) is 22.4. The van der Waals surface area contributed by atoms with Crippen molar-refractivity contribution in [3.05, 3.63) is 63.6 Å². The van der Waals surface area contributed by atoms with Crippen molar-refractivity contribution in [2.45, 2.75) is 25.8 Å². The molecule has 3 rings (SSSR count). The molecule has 2 aromatic rings. The molecule has 31 heavy (non-hydrogen) atoms. The molecular formula is C22H19BrN4O4. The summed E-state index contributed by atoms with van der Waals surface area (Å²) in [6.07, 6.45) is 0.331. The van der Waals surface area contributed by atoms with Crippen LogP contribution in [0.2, 0.25) is 0 Å². The summed E-state index contributed by atoms with van der Waals surface area (Å²) < 4.78 is 0.728. The van der Waals surface area contributed by atoms with Crippen LogP contribution >= 0.6 is 15.9 Å². The number of benzene rings is 2. The predicted molar refractivity (Wildman–Crippen MR) is 116 cm³/mol. The fraction of sp³-hybridized carbons (Fsp3) is 0.227. The van der Waals surface area contributed by atoms with Gasteiger partial charge < -0.3 is 10.6 Å². The van der Waals surface area contributed by atoms with Crippen LogP contribution in [-0.2, 0) is 16.1 Å². The topological polar surface area (TPSA) is 119 Å². The van der Waals surface area contributed by atoms with E-state index in [4.69, 9.17) is 5.26 Å². The molecule has 0 spiro atoms. The molecule has 0 radical (unpaired) electrons. The number of nitrogens with one attached hydrogen (secondary N) is 2. The minimum atomic E-state index is -0.380.